The molecule has 2 unspecified atom stereocenters. The van der Waals surface area contributed by atoms with Crippen LogP contribution in [0.5, 0.6) is 23.0 Å². The molecule has 1 N–H and O–H groups in total. The minimum absolute atomic E-state index is 0.390. The van der Waals surface area contributed by atoms with Crippen molar-refractivity contribution in [2.75, 3.05) is 27.9 Å². The number of ether oxygens (including phenoxy) is 4. The molecule has 0 aromatic heterocycles. The molecule has 1 fully saturated rings. The molecule has 1 saturated heterocycles. The number of benzene rings is 3. The summed E-state index contributed by atoms with van der Waals surface area (Å²) in [6, 6.07) is 20.5. The normalized spacial score (nSPS) is 16.5. The Kier molecular flexibility index (Phi) is 7.77. The molecular formula is C28H31NO6. The molecule has 3 aromatic rings. The van der Waals surface area contributed by atoms with Gasteiger partial charge in [0, 0.05) is 12.1 Å². The summed E-state index contributed by atoms with van der Waals surface area (Å²) in [7, 11) is 4.71. The molecule has 0 bridgehead atoms. The molecule has 3 aromatic carbocycles. The zero-order valence-corrected chi connectivity index (χ0v) is 20.3. The van der Waals surface area contributed by atoms with Crippen LogP contribution in [0.1, 0.15) is 35.6 Å². The monoisotopic (exact) mass is 477 g/mol. The van der Waals surface area contributed by atoms with Gasteiger partial charge in [0.2, 0.25) is 5.75 Å². The number of aliphatic carboxylic acids is 1. The second kappa shape index (κ2) is 11.1. The van der Waals surface area contributed by atoms with Crippen LogP contribution < -0.4 is 18.9 Å². The highest BCUT2D eigenvalue weighted by Crippen LogP contribution is 2.45. The van der Waals surface area contributed by atoms with Crippen molar-refractivity contribution >= 4 is 5.97 Å². The fraction of sp³-hybridized carbons (Fsp3) is 0.321. The van der Waals surface area contributed by atoms with E-state index in [9.17, 15) is 9.90 Å². The molecule has 0 spiro atoms. The highest BCUT2D eigenvalue weighted by atomic mass is 16.5. The molecule has 0 amide bonds. The smallest absolute Gasteiger partial charge is 0.320 e. The SMILES string of the molecule is COc1cc(C(c2ccccc2OCc2ccccc2)N2CCCC2C(=O)O)cc(OC)c1OC. The van der Waals surface area contributed by atoms with Gasteiger partial charge >= 0.3 is 5.97 Å². The summed E-state index contributed by atoms with van der Waals surface area (Å²) in [6.07, 6.45) is 1.38. The lowest BCUT2D eigenvalue weighted by atomic mass is 9.94. The molecule has 0 aliphatic carbocycles. The van der Waals surface area contributed by atoms with Crippen molar-refractivity contribution in [2.24, 2.45) is 0 Å². The second-order valence-corrected chi connectivity index (χ2v) is 8.41. The summed E-state index contributed by atoms with van der Waals surface area (Å²) in [5.74, 6) is 1.39. The van der Waals surface area contributed by atoms with Gasteiger partial charge in [0.25, 0.3) is 0 Å². The molecule has 184 valence electrons. The Bertz CT molecular complexity index is 1120. The summed E-state index contributed by atoms with van der Waals surface area (Å²) >= 11 is 0. The number of nitrogens with zero attached hydrogens (tertiary/aromatic N) is 1. The maximum Gasteiger partial charge on any atom is 0.320 e. The average molecular weight is 478 g/mol. The van der Waals surface area contributed by atoms with Gasteiger partial charge in [0.1, 0.15) is 18.4 Å². The predicted molar refractivity (Wildman–Crippen MR) is 133 cm³/mol. The van der Waals surface area contributed by atoms with Crippen LogP contribution in [0.25, 0.3) is 0 Å². The quantitative estimate of drug-likeness (QED) is 0.444. The molecule has 1 aliphatic heterocycles. The van der Waals surface area contributed by atoms with Crippen molar-refractivity contribution in [3.05, 3.63) is 83.4 Å². The van der Waals surface area contributed by atoms with Crippen molar-refractivity contribution in [3.63, 3.8) is 0 Å². The first kappa shape index (κ1) is 24.4. The predicted octanol–water partition coefficient (Wildman–Crippen LogP) is 4.93. The van der Waals surface area contributed by atoms with Crippen molar-refractivity contribution < 1.29 is 28.8 Å². The zero-order valence-electron chi connectivity index (χ0n) is 20.3. The van der Waals surface area contributed by atoms with Crippen LogP contribution in [0.4, 0.5) is 0 Å². The maximum atomic E-state index is 12.2. The standard InChI is InChI=1S/C28H31NO6/c1-32-24-16-20(17-25(33-2)27(24)34-3)26(29-15-9-13-22(29)28(30)31)21-12-7-8-14-23(21)35-18-19-10-5-4-6-11-19/h4-8,10-12,14,16-17,22,26H,9,13,15,18H2,1-3H3,(H,30,31). The van der Waals surface area contributed by atoms with Crippen molar-refractivity contribution in [1.82, 2.24) is 4.90 Å². The number of carbonyl (C=O) groups is 1. The van der Waals surface area contributed by atoms with E-state index < -0.39 is 12.0 Å². The first-order chi connectivity index (χ1) is 17.1. The van der Waals surface area contributed by atoms with Crippen molar-refractivity contribution in [1.29, 1.82) is 0 Å². The molecule has 1 heterocycles. The first-order valence-corrected chi connectivity index (χ1v) is 11.6. The Hall–Kier alpha value is -3.71. The number of hydrogen-bond acceptors (Lipinski definition) is 6. The van der Waals surface area contributed by atoms with Gasteiger partial charge in [-0.3, -0.25) is 9.69 Å². The summed E-state index contributed by atoms with van der Waals surface area (Å²) in [6.45, 7) is 1.05. The van der Waals surface area contributed by atoms with Crippen LogP contribution in [0.3, 0.4) is 0 Å². The van der Waals surface area contributed by atoms with E-state index in [0.29, 0.717) is 42.6 Å². The molecule has 0 radical (unpaired) electrons. The number of methoxy groups -OCH3 is 3. The molecule has 0 saturated carbocycles. The van der Waals surface area contributed by atoms with Crippen LogP contribution in [-0.4, -0.2) is 49.9 Å². The van der Waals surface area contributed by atoms with Gasteiger partial charge in [-0.1, -0.05) is 48.5 Å². The zero-order chi connectivity index (χ0) is 24.8. The molecule has 7 heteroatoms. The Morgan fingerprint density at radius 1 is 0.943 bits per heavy atom. The molecule has 1 aliphatic rings. The summed E-state index contributed by atoms with van der Waals surface area (Å²) in [4.78, 5) is 14.2. The summed E-state index contributed by atoms with van der Waals surface area (Å²) < 4.78 is 23.0. The van der Waals surface area contributed by atoms with Crippen LogP contribution in [0, 0.1) is 0 Å². The number of hydrogen-bond donors (Lipinski definition) is 1. The van der Waals surface area contributed by atoms with E-state index in [0.717, 1.165) is 23.1 Å². The fourth-order valence-corrected chi connectivity index (χ4v) is 4.75. The molecule has 7 nitrogen and oxygen atoms in total. The average Bonchev–Trinajstić information content (AvgIpc) is 3.38. The van der Waals surface area contributed by atoms with Gasteiger partial charge in [-0.05, 0) is 42.2 Å². The summed E-state index contributed by atoms with van der Waals surface area (Å²) in [5, 5.41) is 9.99. The number of rotatable bonds is 10. The van der Waals surface area contributed by atoms with E-state index in [4.69, 9.17) is 18.9 Å². The van der Waals surface area contributed by atoms with E-state index >= 15 is 0 Å². The van der Waals surface area contributed by atoms with E-state index in [1.165, 1.54) is 0 Å². The topological polar surface area (TPSA) is 77.5 Å². The largest absolute Gasteiger partial charge is 0.493 e. The van der Waals surface area contributed by atoms with Gasteiger partial charge in [-0.25, -0.2) is 0 Å². The Labute approximate surface area is 205 Å². The van der Waals surface area contributed by atoms with E-state index in [2.05, 4.69) is 0 Å². The minimum Gasteiger partial charge on any atom is -0.493 e. The Morgan fingerprint density at radius 3 is 2.23 bits per heavy atom. The van der Waals surface area contributed by atoms with Gasteiger partial charge in [-0.15, -0.1) is 0 Å². The van der Waals surface area contributed by atoms with Gasteiger partial charge in [-0.2, -0.15) is 0 Å². The first-order valence-electron chi connectivity index (χ1n) is 11.6. The molecule has 2 atom stereocenters. The van der Waals surface area contributed by atoms with Crippen LogP contribution >= 0.6 is 0 Å². The van der Waals surface area contributed by atoms with Gasteiger partial charge in [0.15, 0.2) is 11.5 Å². The molecule has 4 rings (SSSR count). The van der Waals surface area contributed by atoms with Crippen LogP contribution in [0.15, 0.2) is 66.7 Å². The Morgan fingerprint density at radius 2 is 1.60 bits per heavy atom. The number of carboxylic acids is 1. The molecule has 35 heavy (non-hydrogen) atoms. The third-order valence-corrected chi connectivity index (χ3v) is 6.36. The highest BCUT2D eigenvalue weighted by Gasteiger charge is 2.38. The third kappa shape index (κ3) is 5.20. The van der Waals surface area contributed by atoms with Crippen LogP contribution in [-0.2, 0) is 11.4 Å². The Balaban J connectivity index is 1.82. The second-order valence-electron chi connectivity index (χ2n) is 8.41. The lowest BCUT2D eigenvalue weighted by molar-refractivity contribution is -0.142. The van der Waals surface area contributed by atoms with Gasteiger partial charge in [0.05, 0.1) is 27.4 Å². The lowest BCUT2D eigenvalue weighted by Crippen LogP contribution is -2.39. The van der Waals surface area contributed by atoms with Crippen molar-refractivity contribution in [2.45, 2.75) is 31.5 Å². The van der Waals surface area contributed by atoms with E-state index in [1.807, 2.05) is 71.6 Å². The minimum atomic E-state index is -0.831. The molecular weight excluding hydrogens is 446 g/mol. The summed E-state index contributed by atoms with van der Waals surface area (Å²) in [5.41, 5.74) is 2.77. The van der Waals surface area contributed by atoms with Crippen LogP contribution in [0.2, 0.25) is 0 Å². The lowest BCUT2D eigenvalue weighted by Gasteiger charge is -2.33. The third-order valence-electron chi connectivity index (χ3n) is 6.36. The van der Waals surface area contributed by atoms with Gasteiger partial charge < -0.3 is 24.1 Å². The van der Waals surface area contributed by atoms with Crippen molar-refractivity contribution in [3.8, 4) is 23.0 Å². The fourth-order valence-electron chi connectivity index (χ4n) is 4.75. The maximum absolute atomic E-state index is 12.2. The van der Waals surface area contributed by atoms with E-state index in [1.54, 1.807) is 21.3 Å². The number of likely N-dealkylation sites (tertiary alicyclic amines) is 1. The number of para-hydroxylation sites is 1. The highest BCUT2D eigenvalue weighted by molar-refractivity contribution is 5.74. The number of carboxylic acid groups (broad SMARTS) is 1. The van der Waals surface area contributed by atoms with E-state index in [-0.39, 0.29) is 6.04 Å².